The van der Waals surface area contributed by atoms with E-state index in [1.807, 2.05) is 0 Å². The lowest BCUT2D eigenvalue weighted by atomic mass is 10.1. The Morgan fingerprint density at radius 3 is 2.33 bits per heavy atom. The lowest BCUT2D eigenvalue weighted by Crippen LogP contribution is -2.47. The highest BCUT2D eigenvalue weighted by Gasteiger charge is 2.35. The molecule has 0 spiro atoms. The molecule has 6 nitrogen and oxygen atoms in total. The Balaban J connectivity index is 3.55. The van der Waals surface area contributed by atoms with Gasteiger partial charge in [-0.25, -0.2) is 13.2 Å². The predicted octanol–water partition coefficient (Wildman–Crippen LogP) is 1.85. The maximum atomic E-state index is 12.7. The molecule has 0 heterocycles. The standard InChI is InChI=1S/C13H18BrNO5S/c1-8-10(14)5-9(12(17)18)6-11(8)21(19,20)15(4)13(2,3)7-16/h5-6,16H,7H2,1-4H3,(H,17,18). The van der Waals surface area contributed by atoms with E-state index in [9.17, 15) is 18.3 Å². The van der Waals surface area contributed by atoms with Crippen LogP contribution in [0.2, 0.25) is 0 Å². The monoisotopic (exact) mass is 379 g/mol. The maximum Gasteiger partial charge on any atom is 0.335 e. The van der Waals surface area contributed by atoms with Gasteiger partial charge >= 0.3 is 5.97 Å². The van der Waals surface area contributed by atoms with Crippen molar-refractivity contribution in [1.29, 1.82) is 0 Å². The Hall–Kier alpha value is -0.960. The number of carboxylic acids is 1. The van der Waals surface area contributed by atoms with Crippen molar-refractivity contribution < 1.29 is 23.4 Å². The van der Waals surface area contributed by atoms with Crippen LogP contribution in [0.1, 0.15) is 29.8 Å². The molecule has 0 aliphatic heterocycles. The van der Waals surface area contributed by atoms with Gasteiger partial charge in [0.1, 0.15) is 0 Å². The SMILES string of the molecule is Cc1c(Br)cc(C(=O)O)cc1S(=O)(=O)N(C)C(C)(C)CO. The summed E-state index contributed by atoms with van der Waals surface area (Å²) in [6, 6.07) is 2.48. The molecule has 0 aliphatic rings. The van der Waals surface area contributed by atoms with Gasteiger partial charge in [-0.3, -0.25) is 0 Å². The van der Waals surface area contributed by atoms with Gasteiger partial charge in [0, 0.05) is 11.5 Å². The first-order valence-electron chi connectivity index (χ1n) is 6.08. The summed E-state index contributed by atoms with van der Waals surface area (Å²) < 4.78 is 26.8. The van der Waals surface area contributed by atoms with Gasteiger partial charge in [-0.1, -0.05) is 15.9 Å². The van der Waals surface area contributed by atoms with Gasteiger partial charge in [0.2, 0.25) is 10.0 Å². The molecule has 0 atom stereocenters. The van der Waals surface area contributed by atoms with Crippen LogP contribution in [-0.4, -0.2) is 48.1 Å². The van der Waals surface area contributed by atoms with Gasteiger partial charge in [-0.05, 0) is 38.5 Å². The van der Waals surface area contributed by atoms with Gasteiger partial charge in [-0.2, -0.15) is 4.31 Å². The second-order valence-electron chi connectivity index (χ2n) is 5.33. The van der Waals surface area contributed by atoms with Gasteiger partial charge < -0.3 is 10.2 Å². The number of nitrogens with zero attached hydrogens (tertiary/aromatic N) is 1. The molecule has 118 valence electrons. The van der Waals surface area contributed by atoms with E-state index in [0.29, 0.717) is 10.0 Å². The summed E-state index contributed by atoms with van der Waals surface area (Å²) in [5, 5.41) is 18.4. The molecular formula is C13H18BrNO5S. The third-order valence-electron chi connectivity index (χ3n) is 3.42. The summed E-state index contributed by atoms with van der Waals surface area (Å²) in [6.45, 7) is 4.38. The number of hydrogen-bond acceptors (Lipinski definition) is 4. The van der Waals surface area contributed by atoms with E-state index < -0.39 is 21.5 Å². The summed E-state index contributed by atoms with van der Waals surface area (Å²) in [5.41, 5.74) is -0.710. The summed E-state index contributed by atoms with van der Waals surface area (Å²) in [6.07, 6.45) is 0. The molecule has 2 N–H and O–H groups in total. The number of likely N-dealkylation sites (N-methyl/N-ethyl adjacent to an activating group) is 1. The summed E-state index contributed by atoms with van der Waals surface area (Å²) >= 11 is 3.18. The third-order valence-corrected chi connectivity index (χ3v) is 6.44. The number of hydrogen-bond donors (Lipinski definition) is 2. The number of aromatic carboxylic acids is 1. The summed E-state index contributed by atoms with van der Waals surface area (Å²) in [7, 11) is -2.58. The van der Waals surface area contributed by atoms with Gasteiger partial charge in [0.15, 0.2) is 0 Å². The van der Waals surface area contributed by atoms with E-state index in [1.54, 1.807) is 20.8 Å². The van der Waals surface area contributed by atoms with Crippen molar-refractivity contribution in [3.63, 3.8) is 0 Å². The minimum absolute atomic E-state index is 0.0988. The van der Waals surface area contributed by atoms with E-state index >= 15 is 0 Å². The van der Waals surface area contributed by atoms with Crippen molar-refractivity contribution in [3.05, 3.63) is 27.7 Å². The zero-order chi connectivity index (χ0) is 16.6. The largest absolute Gasteiger partial charge is 0.478 e. The van der Waals surface area contributed by atoms with Gasteiger partial charge in [-0.15, -0.1) is 0 Å². The van der Waals surface area contributed by atoms with Crippen LogP contribution in [0.25, 0.3) is 0 Å². The van der Waals surface area contributed by atoms with Crippen molar-refractivity contribution in [1.82, 2.24) is 4.31 Å². The average molecular weight is 380 g/mol. The number of sulfonamides is 1. The molecule has 1 aromatic carbocycles. The Bertz CT molecular complexity index is 669. The number of aliphatic hydroxyl groups is 1. The van der Waals surface area contributed by atoms with Crippen LogP contribution in [-0.2, 0) is 10.0 Å². The molecule has 0 saturated heterocycles. The fraction of sp³-hybridized carbons (Fsp3) is 0.462. The average Bonchev–Trinajstić information content (AvgIpc) is 2.40. The normalized spacial score (nSPS) is 12.7. The fourth-order valence-corrected chi connectivity index (χ4v) is 3.99. The van der Waals surface area contributed by atoms with Gasteiger partial charge in [0.05, 0.1) is 22.6 Å². The Kier molecular flexibility index (Phi) is 5.20. The van der Waals surface area contributed by atoms with Crippen LogP contribution in [0.3, 0.4) is 0 Å². The molecule has 0 unspecified atom stereocenters. The number of halogens is 1. The van der Waals surface area contributed by atoms with Crippen LogP contribution in [0.5, 0.6) is 0 Å². The molecule has 0 aliphatic carbocycles. The Morgan fingerprint density at radius 2 is 1.90 bits per heavy atom. The minimum Gasteiger partial charge on any atom is -0.478 e. The van der Waals surface area contributed by atoms with E-state index in [2.05, 4.69) is 15.9 Å². The Morgan fingerprint density at radius 1 is 1.38 bits per heavy atom. The quantitative estimate of drug-likeness (QED) is 0.813. The first kappa shape index (κ1) is 18.1. The first-order chi connectivity index (χ1) is 9.45. The van der Waals surface area contributed by atoms with Crippen LogP contribution in [0, 0.1) is 6.92 Å². The smallest absolute Gasteiger partial charge is 0.335 e. The number of carbonyl (C=O) groups is 1. The van der Waals surface area contributed by atoms with E-state index in [4.69, 9.17) is 5.11 Å². The molecule has 21 heavy (non-hydrogen) atoms. The van der Waals surface area contributed by atoms with Crippen molar-refractivity contribution in [2.24, 2.45) is 0 Å². The molecule has 0 bridgehead atoms. The molecule has 8 heteroatoms. The molecular weight excluding hydrogens is 362 g/mol. The topological polar surface area (TPSA) is 94.9 Å². The van der Waals surface area contributed by atoms with Crippen molar-refractivity contribution in [3.8, 4) is 0 Å². The minimum atomic E-state index is -3.94. The highest BCUT2D eigenvalue weighted by Crippen LogP contribution is 2.30. The lowest BCUT2D eigenvalue weighted by Gasteiger charge is -2.33. The zero-order valence-corrected chi connectivity index (χ0v) is 14.6. The van der Waals surface area contributed by atoms with E-state index in [-0.39, 0.29) is 17.1 Å². The van der Waals surface area contributed by atoms with E-state index in [1.165, 1.54) is 13.1 Å². The summed E-state index contributed by atoms with van der Waals surface area (Å²) in [5.74, 6) is -1.21. The lowest BCUT2D eigenvalue weighted by molar-refractivity contribution is 0.0696. The molecule has 0 fully saturated rings. The second kappa shape index (κ2) is 6.04. The highest BCUT2D eigenvalue weighted by atomic mass is 79.9. The number of aliphatic hydroxyl groups excluding tert-OH is 1. The van der Waals surface area contributed by atoms with Crippen molar-refractivity contribution in [2.75, 3.05) is 13.7 Å². The highest BCUT2D eigenvalue weighted by molar-refractivity contribution is 9.10. The molecule has 1 rings (SSSR count). The van der Waals surface area contributed by atoms with Crippen LogP contribution in [0.4, 0.5) is 0 Å². The Labute approximate surface area is 132 Å². The van der Waals surface area contributed by atoms with Crippen LogP contribution in [0.15, 0.2) is 21.5 Å². The van der Waals surface area contributed by atoms with Gasteiger partial charge in [0.25, 0.3) is 0 Å². The second-order valence-corrected chi connectivity index (χ2v) is 8.12. The molecule has 0 saturated carbocycles. The maximum absolute atomic E-state index is 12.7. The fourth-order valence-electron chi connectivity index (χ4n) is 1.62. The number of carboxylic acid groups (broad SMARTS) is 1. The number of rotatable bonds is 5. The van der Waals surface area contributed by atoms with E-state index in [0.717, 1.165) is 10.4 Å². The summed E-state index contributed by atoms with van der Waals surface area (Å²) in [4.78, 5) is 11.0. The van der Waals surface area contributed by atoms with Crippen LogP contribution >= 0.6 is 15.9 Å². The molecule has 0 aromatic heterocycles. The number of benzene rings is 1. The van der Waals surface area contributed by atoms with Crippen molar-refractivity contribution in [2.45, 2.75) is 31.2 Å². The van der Waals surface area contributed by atoms with Crippen LogP contribution < -0.4 is 0 Å². The molecule has 0 radical (unpaired) electrons. The van der Waals surface area contributed by atoms with Crippen molar-refractivity contribution >= 4 is 31.9 Å². The zero-order valence-electron chi connectivity index (χ0n) is 12.2. The third kappa shape index (κ3) is 3.45. The predicted molar refractivity (Wildman–Crippen MR) is 82.0 cm³/mol. The first-order valence-corrected chi connectivity index (χ1v) is 8.32. The molecule has 0 amide bonds. The molecule has 1 aromatic rings.